The molecule has 5 rings (SSSR count). The van der Waals surface area contributed by atoms with Crippen molar-refractivity contribution in [3.8, 4) is 0 Å². The quantitative estimate of drug-likeness (QED) is 0.173. The van der Waals surface area contributed by atoms with E-state index in [1.165, 1.54) is 59.8 Å². The topological polar surface area (TPSA) is 0 Å². The molecule has 0 aromatic heterocycles. The molecule has 0 spiro atoms. The highest BCUT2D eigenvalue weighted by molar-refractivity contribution is 6.34. The smallest absolute Gasteiger partial charge is 0.00202 e. The molecule has 0 aliphatic rings. The van der Waals surface area contributed by atoms with Gasteiger partial charge in [-0.05, 0) is 76.0 Å². The molecule has 0 radical (unpaired) electrons. The molecule has 5 aromatic carbocycles. The lowest BCUT2D eigenvalue weighted by molar-refractivity contribution is 0.504. The standard InChI is InChI=1S/C32H36/c1-30(2,3)27-23-18-12-16-21-20-15-10-13-19-14-11-17-22(24(19)20)26(25(21)23)28(31(4,5)6)29(27)32(7,8)9/h10-18H,1-9H3. The van der Waals surface area contributed by atoms with Gasteiger partial charge >= 0.3 is 0 Å². The van der Waals surface area contributed by atoms with E-state index in [0.29, 0.717) is 0 Å². The average Bonchev–Trinajstić information content (AvgIpc) is 2.68. The monoisotopic (exact) mass is 420 g/mol. The van der Waals surface area contributed by atoms with Crippen molar-refractivity contribution >= 4 is 43.1 Å². The van der Waals surface area contributed by atoms with Crippen LogP contribution in [0.25, 0.3) is 43.1 Å². The summed E-state index contributed by atoms with van der Waals surface area (Å²) in [6, 6.07) is 20.6. The minimum absolute atomic E-state index is 0.0215. The Morgan fingerprint density at radius 2 is 0.812 bits per heavy atom. The van der Waals surface area contributed by atoms with Gasteiger partial charge in [0.05, 0.1) is 0 Å². The molecule has 0 nitrogen and oxygen atoms in total. The molecule has 164 valence electrons. The highest BCUT2D eigenvalue weighted by Gasteiger charge is 2.36. The van der Waals surface area contributed by atoms with E-state index in [9.17, 15) is 0 Å². The molecule has 0 N–H and O–H groups in total. The normalized spacial score (nSPS) is 13.8. The number of hydrogen-bond acceptors (Lipinski definition) is 0. The second-order valence-corrected chi connectivity index (χ2v) is 12.7. The first-order valence-corrected chi connectivity index (χ1v) is 12.0. The maximum atomic E-state index is 2.40. The van der Waals surface area contributed by atoms with Crippen molar-refractivity contribution < 1.29 is 0 Å². The van der Waals surface area contributed by atoms with Crippen LogP contribution in [0.1, 0.15) is 79.0 Å². The second kappa shape index (κ2) is 6.47. The molecule has 0 aliphatic heterocycles. The zero-order valence-corrected chi connectivity index (χ0v) is 21.2. The summed E-state index contributed by atoms with van der Waals surface area (Å²) in [5.41, 5.74) is 4.68. The molecular weight excluding hydrogens is 384 g/mol. The molecule has 0 heteroatoms. The van der Waals surface area contributed by atoms with Crippen molar-refractivity contribution in [3.05, 3.63) is 71.3 Å². The largest absolute Gasteiger partial charge is 0.0610 e. The summed E-state index contributed by atoms with van der Waals surface area (Å²) in [6.45, 7) is 21.5. The summed E-state index contributed by atoms with van der Waals surface area (Å²) in [4.78, 5) is 0. The van der Waals surface area contributed by atoms with Gasteiger partial charge in [-0.2, -0.15) is 0 Å². The van der Waals surface area contributed by atoms with Crippen LogP contribution in [0.2, 0.25) is 0 Å². The van der Waals surface area contributed by atoms with E-state index < -0.39 is 0 Å². The Kier molecular flexibility index (Phi) is 4.30. The summed E-state index contributed by atoms with van der Waals surface area (Å²) in [7, 11) is 0. The zero-order valence-electron chi connectivity index (χ0n) is 21.2. The van der Waals surface area contributed by atoms with Crippen LogP contribution >= 0.6 is 0 Å². The summed E-state index contributed by atoms with van der Waals surface area (Å²) in [6.07, 6.45) is 0. The van der Waals surface area contributed by atoms with Crippen LogP contribution in [0.5, 0.6) is 0 Å². The Morgan fingerprint density at radius 1 is 0.375 bits per heavy atom. The van der Waals surface area contributed by atoms with E-state index in [4.69, 9.17) is 0 Å². The maximum absolute atomic E-state index is 2.40. The Morgan fingerprint density at radius 3 is 1.34 bits per heavy atom. The van der Waals surface area contributed by atoms with Crippen molar-refractivity contribution in [1.82, 2.24) is 0 Å². The zero-order chi connectivity index (χ0) is 23.2. The molecule has 0 unspecified atom stereocenters. The molecule has 0 atom stereocenters. The highest BCUT2D eigenvalue weighted by atomic mass is 14.4. The molecule has 0 heterocycles. The summed E-state index contributed by atoms with van der Waals surface area (Å²) < 4.78 is 0. The fourth-order valence-corrected chi connectivity index (χ4v) is 6.09. The van der Waals surface area contributed by atoms with Gasteiger partial charge in [0.15, 0.2) is 0 Å². The Bertz CT molecular complexity index is 1490. The first kappa shape index (κ1) is 21.3. The molecule has 5 aromatic rings. The van der Waals surface area contributed by atoms with Gasteiger partial charge in [0.2, 0.25) is 0 Å². The summed E-state index contributed by atoms with van der Waals surface area (Å²) in [5.74, 6) is 0. The predicted octanol–water partition coefficient (Wildman–Crippen LogP) is 9.63. The fourth-order valence-electron chi connectivity index (χ4n) is 6.09. The minimum atomic E-state index is 0.0215. The second-order valence-electron chi connectivity index (χ2n) is 12.7. The van der Waals surface area contributed by atoms with Gasteiger partial charge in [0, 0.05) is 0 Å². The SMILES string of the molecule is CC(C)(C)c1c(C(C)(C)C)c2cccc3c4cccc5cccc(c(c1C(C)(C)C)c23)c54. The van der Waals surface area contributed by atoms with E-state index in [0.717, 1.165) is 0 Å². The molecule has 0 fully saturated rings. The minimum Gasteiger partial charge on any atom is -0.0610 e. The lowest BCUT2D eigenvalue weighted by Crippen LogP contribution is -2.29. The van der Waals surface area contributed by atoms with Crippen molar-refractivity contribution in [2.24, 2.45) is 0 Å². The molecule has 0 aliphatic carbocycles. The fraction of sp³-hybridized carbons (Fsp3) is 0.375. The first-order valence-electron chi connectivity index (χ1n) is 12.0. The predicted molar refractivity (Wildman–Crippen MR) is 144 cm³/mol. The van der Waals surface area contributed by atoms with Crippen LogP contribution in [0, 0.1) is 0 Å². The molecular formula is C32H36. The average molecular weight is 421 g/mol. The highest BCUT2D eigenvalue weighted by Crippen LogP contribution is 2.51. The number of rotatable bonds is 0. The Hall–Kier alpha value is -2.60. The third-order valence-corrected chi connectivity index (χ3v) is 7.05. The first-order chi connectivity index (χ1) is 14.8. The van der Waals surface area contributed by atoms with Gasteiger partial charge in [-0.1, -0.05) is 117 Å². The molecule has 32 heavy (non-hydrogen) atoms. The van der Waals surface area contributed by atoms with Gasteiger partial charge in [0.1, 0.15) is 0 Å². The number of hydrogen-bond donors (Lipinski definition) is 0. The van der Waals surface area contributed by atoms with Crippen LogP contribution in [-0.4, -0.2) is 0 Å². The summed E-state index contributed by atoms with van der Waals surface area (Å²) in [5, 5.41) is 11.2. The van der Waals surface area contributed by atoms with Gasteiger partial charge in [-0.15, -0.1) is 0 Å². The van der Waals surface area contributed by atoms with Gasteiger partial charge in [-0.3, -0.25) is 0 Å². The van der Waals surface area contributed by atoms with Crippen molar-refractivity contribution in [2.45, 2.75) is 78.6 Å². The summed E-state index contributed by atoms with van der Waals surface area (Å²) >= 11 is 0. The third-order valence-electron chi connectivity index (χ3n) is 7.05. The van der Waals surface area contributed by atoms with E-state index in [1.54, 1.807) is 0 Å². The lowest BCUT2D eigenvalue weighted by Gasteiger charge is -2.39. The number of benzene rings is 5. The maximum Gasteiger partial charge on any atom is -0.00202 e. The van der Waals surface area contributed by atoms with Crippen LogP contribution in [0.3, 0.4) is 0 Å². The van der Waals surface area contributed by atoms with Crippen molar-refractivity contribution in [2.75, 3.05) is 0 Å². The number of fused-ring (bicyclic) bond motifs is 2. The van der Waals surface area contributed by atoms with Gasteiger partial charge < -0.3 is 0 Å². The van der Waals surface area contributed by atoms with E-state index in [1.807, 2.05) is 0 Å². The van der Waals surface area contributed by atoms with Crippen LogP contribution < -0.4 is 0 Å². The van der Waals surface area contributed by atoms with Crippen LogP contribution in [-0.2, 0) is 16.2 Å². The van der Waals surface area contributed by atoms with Crippen LogP contribution in [0.4, 0.5) is 0 Å². The molecule has 0 amide bonds. The van der Waals surface area contributed by atoms with Crippen molar-refractivity contribution in [1.29, 1.82) is 0 Å². The molecule has 0 bridgehead atoms. The molecule has 0 saturated carbocycles. The third kappa shape index (κ3) is 2.88. The van der Waals surface area contributed by atoms with Gasteiger partial charge in [0.25, 0.3) is 0 Å². The Balaban J connectivity index is 2.29. The van der Waals surface area contributed by atoms with Crippen LogP contribution in [0.15, 0.2) is 54.6 Å². The van der Waals surface area contributed by atoms with Gasteiger partial charge in [-0.25, -0.2) is 0 Å². The van der Waals surface area contributed by atoms with E-state index in [-0.39, 0.29) is 16.2 Å². The van der Waals surface area contributed by atoms with E-state index in [2.05, 4.69) is 117 Å². The van der Waals surface area contributed by atoms with Crippen molar-refractivity contribution in [3.63, 3.8) is 0 Å². The Labute approximate surface area is 193 Å². The molecule has 0 saturated heterocycles. The lowest BCUT2D eigenvalue weighted by atomic mass is 9.65. The van der Waals surface area contributed by atoms with E-state index >= 15 is 0 Å².